The molecule has 0 saturated carbocycles. The van der Waals surface area contributed by atoms with Gasteiger partial charge in [-0.05, 0) is 23.8 Å². The molecule has 0 aliphatic rings. The third kappa shape index (κ3) is 3.74. The molecule has 0 N–H and O–H groups in total. The topological polar surface area (TPSA) is 27.0 Å². The van der Waals surface area contributed by atoms with Gasteiger partial charge in [0.2, 0.25) is 0 Å². The van der Waals surface area contributed by atoms with Crippen LogP contribution in [0.3, 0.4) is 0 Å². The average molecular weight is 271 g/mol. The number of para-hydroxylation sites is 1. The van der Waals surface area contributed by atoms with Crippen molar-refractivity contribution in [2.75, 3.05) is 11.4 Å². The molecule has 0 bridgehead atoms. The second kappa shape index (κ2) is 6.82. The van der Waals surface area contributed by atoms with Crippen molar-refractivity contribution < 1.29 is 0 Å². The fourth-order valence-electron chi connectivity index (χ4n) is 1.96. The largest absolute Gasteiger partial charge is 0.366 e. The number of anilines is 1. The maximum absolute atomic E-state index is 8.78. The monoisotopic (exact) mass is 270 g/mol. The summed E-state index contributed by atoms with van der Waals surface area (Å²) in [7, 11) is 0. The van der Waals surface area contributed by atoms with Crippen LogP contribution in [0.5, 0.6) is 0 Å². The lowest BCUT2D eigenvalue weighted by atomic mass is 10.2. The summed E-state index contributed by atoms with van der Waals surface area (Å²) in [4.78, 5) is 2.17. The number of benzene rings is 2. The molecule has 0 radical (unpaired) electrons. The van der Waals surface area contributed by atoms with E-state index in [0.717, 1.165) is 16.3 Å². The fraction of sp³-hybridized carbons (Fsp3) is 0.188. The van der Waals surface area contributed by atoms with E-state index < -0.39 is 0 Å². The molecule has 2 aromatic rings. The minimum atomic E-state index is 0.499. The Morgan fingerprint density at radius 1 is 1.00 bits per heavy atom. The Bertz CT molecular complexity index is 560. The summed E-state index contributed by atoms with van der Waals surface area (Å²) in [6, 6.07) is 20.1. The zero-order valence-electron chi connectivity index (χ0n) is 10.6. The molecule has 0 amide bonds. The molecule has 19 heavy (non-hydrogen) atoms. The van der Waals surface area contributed by atoms with Crippen LogP contribution in [0.25, 0.3) is 0 Å². The Kier molecular flexibility index (Phi) is 4.83. The molecule has 0 heterocycles. The van der Waals surface area contributed by atoms with Crippen molar-refractivity contribution in [3.63, 3.8) is 0 Å². The van der Waals surface area contributed by atoms with Gasteiger partial charge in [0.25, 0.3) is 0 Å². The van der Waals surface area contributed by atoms with Crippen molar-refractivity contribution in [2.45, 2.75) is 13.0 Å². The van der Waals surface area contributed by atoms with E-state index in [1.165, 1.54) is 0 Å². The van der Waals surface area contributed by atoms with Gasteiger partial charge >= 0.3 is 0 Å². The van der Waals surface area contributed by atoms with Crippen LogP contribution in [-0.2, 0) is 6.54 Å². The summed E-state index contributed by atoms with van der Waals surface area (Å²) >= 11 is 6.20. The Balaban J connectivity index is 2.20. The number of nitrogens with zero attached hydrogens (tertiary/aromatic N) is 2. The number of hydrogen-bond acceptors (Lipinski definition) is 2. The van der Waals surface area contributed by atoms with Gasteiger partial charge in [-0.3, -0.25) is 0 Å². The van der Waals surface area contributed by atoms with E-state index in [9.17, 15) is 0 Å². The molecule has 3 heteroatoms. The van der Waals surface area contributed by atoms with Gasteiger partial charge in [-0.1, -0.05) is 48.0 Å². The molecule has 2 rings (SSSR count). The number of hydrogen-bond donors (Lipinski definition) is 0. The lowest BCUT2D eigenvalue weighted by molar-refractivity contribution is 0.798. The van der Waals surface area contributed by atoms with Crippen molar-refractivity contribution in [3.05, 3.63) is 65.2 Å². The van der Waals surface area contributed by atoms with Crippen molar-refractivity contribution in [1.29, 1.82) is 5.26 Å². The van der Waals surface area contributed by atoms with Crippen LogP contribution in [0, 0.1) is 11.3 Å². The van der Waals surface area contributed by atoms with E-state index in [1.807, 2.05) is 54.6 Å². The summed E-state index contributed by atoms with van der Waals surface area (Å²) in [5, 5.41) is 9.54. The van der Waals surface area contributed by atoms with Gasteiger partial charge in [-0.15, -0.1) is 0 Å². The molecule has 0 saturated heterocycles. The minimum absolute atomic E-state index is 0.499. The van der Waals surface area contributed by atoms with Gasteiger partial charge in [0.15, 0.2) is 0 Å². The maximum atomic E-state index is 8.78. The highest BCUT2D eigenvalue weighted by Gasteiger charge is 2.08. The second-order valence-electron chi connectivity index (χ2n) is 4.26. The molecule has 0 aliphatic carbocycles. The molecule has 0 fully saturated rings. The van der Waals surface area contributed by atoms with E-state index in [1.54, 1.807) is 0 Å². The van der Waals surface area contributed by atoms with Crippen LogP contribution < -0.4 is 4.90 Å². The third-order valence-corrected chi connectivity index (χ3v) is 3.30. The molecular formula is C16H15ClN2. The molecule has 2 nitrogen and oxygen atoms in total. The van der Waals surface area contributed by atoms with Gasteiger partial charge in [0, 0.05) is 23.8 Å². The Hall–Kier alpha value is -1.98. The summed E-state index contributed by atoms with van der Waals surface area (Å²) in [5.74, 6) is 0. The number of halogens is 1. The molecule has 96 valence electrons. The van der Waals surface area contributed by atoms with Crippen LogP contribution in [0.1, 0.15) is 12.0 Å². The minimum Gasteiger partial charge on any atom is -0.366 e. The van der Waals surface area contributed by atoms with E-state index >= 15 is 0 Å². The highest BCUT2D eigenvalue weighted by atomic mass is 35.5. The second-order valence-corrected chi connectivity index (χ2v) is 4.66. The average Bonchev–Trinajstić information content (AvgIpc) is 2.46. The molecule has 0 atom stereocenters. The van der Waals surface area contributed by atoms with Crippen molar-refractivity contribution >= 4 is 17.3 Å². The molecule has 0 spiro atoms. The van der Waals surface area contributed by atoms with Crippen LogP contribution in [-0.4, -0.2) is 6.54 Å². The van der Waals surface area contributed by atoms with Crippen LogP contribution in [0.4, 0.5) is 5.69 Å². The zero-order chi connectivity index (χ0) is 13.5. The Morgan fingerprint density at radius 3 is 2.37 bits per heavy atom. The summed E-state index contributed by atoms with van der Waals surface area (Å²) in [5.41, 5.74) is 2.18. The van der Waals surface area contributed by atoms with Crippen LogP contribution >= 0.6 is 11.6 Å². The standard InChI is InChI=1S/C16H15ClN2/c17-16-10-5-4-7-14(16)13-19(12-6-11-18)15-8-2-1-3-9-15/h1-5,7-10H,6,12-13H2. The van der Waals surface area contributed by atoms with Gasteiger partial charge in [0.05, 0.1) is 12.5 Å². The predicted molar refractivity (Wildman–Crippen MR) is 79.2 cm³/mol. The smallest absolute Gasteiger partial charge is 0.0640 e. The van der Waals surface area contributed by atoms with Crippen molar-refractivity contribution in [3.8, 4) is 6.07 Å². The number of rotatable bonds is 5. The number of nitriles is 1. The molecule has 0 aliphatic heterocycles. The van der Waals surface area contributed by atoms with Gasteiger partial charge in [-0.2, -0.15) is 5.26 Å². The van der Waals surface area contributed by atoms with Crippen molar-refractivity contribution in [2.24, 2.45) is 0 Å². The molecular weight excluding hydrogens is 256 g/mol. The van der Waals surface area contributed by atoms with Crippen LogP contribution in [0.2, 0.25) is 5.02 Å². The third-order valence-electron chi connectivity index (χ3n) is 2.93. The predicted octanol–water partition coefficient (Wildman–Crippen LogP) is 4.26. The summed E-state index contributed by atoms with van der Waals surface area (Å²) in [6.07, 6.45) is 0.499. The summed E-state index contributed by atoms with van der Waals surface area (Å²) in [6.45, 7) is 1.41. The van der Waals surface area contributed by atoms with E-state index in [0.29, 0.717) is 19.5 Å². The van der Waals surface area contributed by atoms with E-state index in [2.05, 4.69) is 11.0 Å². The lowest BCUT2D eigenvalue weighted by Gasteiger charge is -2.24. The van der Waals surface area contributed by atoms with E-state index in [4.69, 9.17) is 16.9 Å². The molecule has 0 unspecified atom stereocenters. The maximum Gasteiger partial charge on any atom is 0.0640 e. The molecule has 2 aromatic carbocycles. The highest BCUT2D eigenvalue weighted by molar-refractivity contribution is 6.31. The highest BCUT2D eigenvalue weighted by Crippen LogP contribution is 2.21. The zero-order valence-corrected chi connectivity index (χ0v) is 11.3. The first-order valence-corrected chi connectivity index (χ1v) is 6.59. The van der Waals surface area contributed by atoms with Crippen LogP contribution in [0.15, 0.2) is 54.6 Å². The first-order valence-electron chi connectivity index (χ1n) is 6.21. The summed E-state index contributed by atoms with van der Waals surface area (Å²) < 4.78 is 0. The van der Waals surface area contributed by atoms with Gasteiger partial charge in [-0.25, -0.2) is 0 Å². The van der Waals surface area contributed by atoms with Gasteiger partial charge in [0.1, 0.15) is 0 Å². The quantitative estimate of drug-likeness (QED) is 0.812. The first-order chi connectivity index (χ1) is 9.31. The first kappa shape index (κ1) is 13.5. The normalized spacial score (nSPS) is 9.89. The fourth-order valence-corrected chi connectivity index (χ4v) is 2.15. The Morgan fingerprint density at radius 2 is 1.68 bits per heavy atom. The molecule has 0 aromatic heterocycles. The van der Waals surface area contributed by atoms with Gasteiger partial charge < -0.3 is 4.90 Å². The SMILES string of the molecule is N#CCCN(Cc1ccccc1Cl)c1ccccc1. The Labute approximate surface area is 118 Å². The van der Waals surface area contributed by atoms with E-state index in [-0.39, 0.29) is 0 Å². The lowest BCUT2D eigenvalue weighted by Crippen LogP contribution is -2.23. The van der Waals surface area contributed by atoms with Crippen molar-refractivity contribution in [1.82, 2.24) is 0 Å².